The number of carbonyl (C=O) groups excluding carboxylic acids is 1. The summed E-state index contributed by atoms with van der Waals surface area (Å²) in [6, 6.07) is 6.22. The highest BCUT2D eigenvalue weighted by Gasteiger charge is 2.32. The van der Waals surface area contributed by atoms with E-state index >= 15 is 0 Å². The molecule has 1 aliphatic carbocycles. The summed E-state index contributed by atoms with van der Waals surface area (Å²) in [6.45, 7) is 1.79. The number of hydrogen-bond acceptors (Lipinski definition) is 4. The number of carbonyl (C=O) groups is 1. The van der Waals surface area contributed by atoms with Crippen LogP contribution in [0.4, 0.5) is 10.1 Å². The van der Waals surface area contributed by atoms with E-state index in [2.05, 4.69) is 10.4 Å². The van der Waals surface area contributed by atoms with Gasteiger partial charge in [-0.15, -0.1) is 0 Å². The minimum atomic E-state index is -0.570. The molecule has 1 aromatic carbocycles. The summed E-state index contributed by atoms with van der Waals surface area (Å²) in [4.78, 5) is 23.7. The monoisotopic (exact) mass is 374 g/mol. The topological polar surface area (TPSA) is 90.1 Å². The van der Waals surface area contributed by atoms with E-state index in [9.17, 15) is 19.3 Å². The van der Waals surface area contributed by atoms with Gasteiger partial charge in [0.2, 0.25) is 5.69 Å². The second-order valence-corrected chi connectivity index (χ2v) is 6.81. The Morgan fingerprint density at radius 2 is 2.04 bits per heavy atom. The van der Waals surface area contributed by atoms with Crippen LogP contribution in [0.5, 0.6) is 0 Å². The number of nitro groups is 1. The second-order valence-electron chi connectivity index (χ2n) is 6.81. The van der Waals surface area contributed by atoms with Crippen molar-refractivity contribution in [3.63, 3.8) is 0 Å². The molecule has 1 saturated carbocycles. The third-order valence-electron chi connectivity index (χ3n) is 4.98. The van der Waals surface area contributed by atoms with Crippen molar-refractivity contribution in [2.45, 2.75) is 58.0 Å². The predicted octanol–water partition coefficient (Wildman–Crippen LogP) is 3.60. The molecule has 1 heterocycles. The molecule has 1 amide bonds. The van der Waals surface area contributed by atoms with Crippen LogP contribution in [0.1, 0.15) is 60.8 Å². The van der Waals surface area contributed by atoms with E-state index in [1.807, 2.05) is 0 Å². The maximum absolute atomic E-state index is 14.0. The van der Waals surface area contributed by atoms with E-state index in [0.29, 0.717) is 17.7 Å². The van der Waals surface area contributed by atoms with Crippen molar-refractivity contribution in [1.82, 2.24) is 15.1 Å². The Morgan fingerprint density at radius 3 is 2.67 bits per heavy atom. The van der Waals surface area contributed by atoms with Crippen molar-refractivity contribution in [3.8, 4) is 0 Å². The van der Waals surface area contributed by atoms with Crippen LogP contribution < -0.4 is 5.32 Å². The zero-order valence-electron chi connectivity index (χ0n) is 15.3. The van der Waals surface area contributed by atoms with Crippen LogP contribution in [0.25, 0.3) is 0 Å². The predicted molar refractivity (Wildman–Crippen MR) is 98.1 cm³/mol. The van der Waals surface area contributed by atoms with Gasteiger partial charge in [-0.25, -0.2) is 4.39 Å². The first kappa shape index (κ1) is 19.0. The van der Waals surface area contributed by atoms with Gasteiger partial charge >= 0.3 is 5.69 Å². The van der Waals surface area contributed by atoms with Gasteiger partial charge in [0, 0.05) is 11.6 Å². The normalized spacial score (nSPS) is 14.9. The number of rotatable bonds is 6. The fraction of sp³-hybridized carbons (Fsp3) is 0.474. The van der Waals surface area contributed by atoms with E-state index < -0.39 is 16.6 Å². The van der Waals surface area contributed by atoms with Gasteiger partial charge in [0.1, 0.15) is 11.5 Å². The van der Waals surface area contributed by atoms with E-state index in [-0.39, 0.29) is 24.0 Å². The molecular weight excluding hydrogens is 351 g/mol. The molecule has 7 nitrogen and oxygen atoms in total. The Morgan fingerprint density at radius 1 is 1.33 bits per heavy atom. The average molecular weight is 374 g/mol. The highest BCUT2D eigenvalue weighted by molar-refractivity contribution is 5.96. The molecule has 0 aliphatic heterocycles. The van der Waals surface area contributed by atoms with E-state index in [1.165, 1.54) is 10.7 Å². The Balaban J connectivity index is 1.93. The van der Waals surface area contributed by atoms with Crippen molar-refractivity contribution < 1.29 is 14.1 Å². The molecular formula is C19H23FN4O3. The smallest absolute Gasteiger partial charge is 0.323 e. The first-order valence-electron chi connectivity index (χ1n) is 9.29. The van der Waals surface area contributed by atoms with Crippen LogP contribution in [0.2, 0.25) is 0 Å². The van der Waals surface area contributed by atoms with Crippen molar-refractivity contribution in [2.75, 3.05) is 0 Å². The lowest BCUT2D eigenvalue weighted by molar-refractivity contribution is -0.385. The summed E-state index contributed by atoms with van der Waals surface area (Å²) in [7, 11) is 0. The summed E-state index contributed by atoms with van der Waals surface area (Å²) < 4.78 is 15.4. The second kappa shape index (κ2) is 8.28. The summed E-state index contributed by atoms with van der Waals surface area (Å²) in [5.41, 5.74) is 0.196. The molecule has 3 rings (SSSR count). The molecule has 144 valence electrons. The minimum absolute atomic E-state index is 0.0210. The van der Waals surface area contributed by atoms with Crippen LogP contribution in [-0.4, -0.2) is 26.7 Å². The average Bonchev–Trinajstić information content (AvgIpc) is 3.03. The quantitative estimate of drug-likeness (QED) is 0.618. The molecule has 27 heavy (non-hydrogen) atoms. The summed E-state index contributed by atoms with van der Waals surface area (Å²) in [5, 5.41) is 18.7. The van der Waals surface area contributed by atoms with Crippen LogP contribution in [-0.2, 0) is 13.0 Å². The van der Waals surface area contributed by atoms with Crippen LogP contribution >= 0.6 is 0 Å². The largest absolute Gasteiger partial charge is 0.348 e. The Hall–Kier alpha value is -2.77. The molecule has 1 N–H and O–H groups in total. The standard InChI is InChI=1S/C19H23FN4O3/c1-2-16-18(24(26)27)17(19(25)21-14-9-4-3-5-10-14)22-23(16)12-13-8-6-7-11-15(13)20/h6-8,11,14H,2-5,9-10,12H2,1H3,(H,21,25). The van der Waals surface area contributed by atoms with E-state index in [1.54, 1.807) is 25.1 Å². The molecule has 0 spiro atoms. The van der Waals surface area contributed by atoms with Crippen molar-refractivity contribution in [2.24, 2.45) is 0 Å². The molecule has 1 aromatic heterocycles. The van der Waals surface area contributed by atoms with Crippen LogP contribution in [0, 0.1) is 15.9 Å². The Labute approximate surface area is 156 Å². The third-order valence-corrected chi connectivity index (χ3v) is 4.98. The van der Waals surface area contributed by atoms with Gasteiger partial charge in [-0.3, -0.25) is 19.6 Å². The van der Waals surface area contributed by atoms with Crippen molar-refractivity contribution in [3.05, 3.63) is 57.1 Å². The van der Waals surface area contributed by atoms with Crippen molar-refractivity contribution >= 4 is 11.6 Å². The molecule has 0 atom stereocenters. The van der Waals surface area contributed by atoms with Crippen molar-refractivity contribution in [1.29, 1.82) is 0 Å². The number of nitrogens with zero attached hydrogens (tertiary/aromatic N) is 3. The van der Waals surface area contributed by atoms with Gasteiger partial charge in [0.15, 0.2) is 0 Å². The molecule has 8 heteroatoms. The van der Waals surface area contributed by atoms with Gasteiger partial charge in [-0.05, 0) is 25.3 Å². The van der Waals surface area contributed by atoms with Gasteiger partial charge in [0.05, 0.1) is 11.5 Å². The van der Waals surface area contributed by atoms with E-state index in [4.69, 9.17) is 0 Å². The van der Waals surface area contributed by atoms with Crippen LogP contribution in [0.3, 0.4) is 0 Å². The third kappa shape index (κ3) is 4.15. The number of amides is 1. The maximum Gasteiger partial charge on any atom is 0.323 e. The molecule has 0 unspecified atom stereocenters. The van der Waals surface area contributed by atoms with Gasteiger partial charge < -0.3 is 5.32 Å². The van der Waals surface area contributed by atoms with E-state index in [0.717, 1.165) is 32.1 Å². The Bertz CT molecular complexity index is 843. The highest BCUT2D eigenvalue weighted by Crippen LogP contribution is 2.26. The lowest BCUT2D eigenvalue weighted by atomic mass is 9.95. The number of halogens is 1. The molecule has 1 aliphatic rings. The lowest BCUT2D eigenvalue weighted by Crippen LogP contribution is -2.36. The summed E-state index contributed by atoms with van der Waals surface area (Å²) in [6.07, 6.45) is 5.27. The first-order chi connectivity index (χ1) is 13.0. The number of aromatic nitrogens is 2. The number of nitrogens with one attached hydrogen (secondary N) is 1. The lowest BCUT2D eigenvalue weighted by Gasteiger charge is -2.22. The number of benzene rings is 1. The summed E-state index contributed by atoms with van der Waals surface area (Å²) >= 11 is 0. The Kier molecular flexibility index (Phi) is 5.83. The molecule has 2 aromatic rings. The fourth-order valence-electron chi connectivity index (χ4n) is 3.60. The molecule has 0 saturated heterocycles. The fourth-order valence-corrected chi connectivity index (χ4v) is 3.60. The van der Waals surface area contributed by atoms with Gasteiger partial charge in [0.25, 0.3) is 5.91 Å². The molecule has 1 fully saturated rings. The molecule has 0 bridgehead atoms. The zero-order chi connectivity index (χ0) is 19.4. The summed E-state index contributed by atoms with van der Waals surface area (Å²) in [5.74, 6) is -0.943. The maximum atomic E-state index is 14.0. The van der Waals surface area contributed by atoms with Gasteiger partial charge in [-0.1, -0.05) is 44.4 Å². The molecule has 0 radical (unpaired) electrons. The first-order valence-corrected chi connectivity index (χ1v) is 9.29. The SMILES string of the molecule is CCc1c([N+](=O)[O-])c(C(=O)NC2CCCCC2)nn1Cc1ccccc1F. The highest BCUT2D eigenvalue weighted by atomic mass is 19.1. The van der Waals surface area contributed by atoms with Gasteiger partial charge in [-0.2, -0.15) is 5.10 Å². The number of hydrogen-bond donors (Lipinski definition) is 1. The minimum Gasteiger partial charge on any atom is -0.348 e. The van der Waals surface area contributed by atoms with Crippen LogP contribution in [0.15, 0.2) is 24.3 Å². The zero-order valence-corrected chi connectivity index (χ0v) is 15.3.